The summed E-state index contributed by atoms with van der Waals surface area (Å²) < 4.78 is 4.57. The van der Waals surface area contributed by atoms with E-state index in [4.69, 9.17) is 0 Å². The molecular formula is C14H16N2O5. The molecule has 1 aromatic rings. The van der Waals surface area contributed by atoms with Crippen molar-refractivity contribution in [3.63, 3.8) is 0 Å². The van der Waals surface area contributed by atoms with Crippen LogP contribution in [0.5, 0.6) is 0 Å². The minimum absolute atomic E-state index is 0.0625. The van der Waals surface area contributed by atoms with Gasteiger partial charge in [-0.2, -0.15) is 0 Å². The second-order valence-corrected chi connectivity index (χ2v) is 4.79. The molecule has 0 saturated heterocycles. The fraction of sp³-hybridized carbons (Fsp3) is 0.286. The van der Waals surface area contributed by atoms with E-state index in [2.05, 4.69) is 10.1 Å². The highest BCUT2D eigenvalue weighted by Crippen LogP contribution is 2.14. The largest absolute Gasteiger partial charge is 0.467 e. The van der Waals surface area contributed by atoms with E-state index in [-0.39, 0.29) is 5.69 Å². The molecule has 7 heteroatoms. The number of carbonyl (C=O) groups is 2. The number of ether oxygens (including phenoxy) is 1. The number of nitro groups is 1. The van der Waals surface area contributed by atoms with Gasteiger partial charge in [0.15, 0.2) is 0 Å². The van der Waals surface area contributed by atoms with Gasteiger partial charge in [-0.15, -0.1) is 0 Å². The number of rotatable bonds is 5. The first-order chi connectivity index (χ1) is 9.76. The van der Waals surface area contributed by atoms with Crippen LogP contribution >= 0.6 is 0 Å². The fourth-order valence-electron chi connectivity index (χ4n) is 1.57. The van der Waals surface area contributed by atoms with E-state index >= 15 is 0 Å². The molecule has 1 aromatic carbocycles. The van der Waals surface area contributed by atoms with Crippen LogP contribution < -0.4 is 5.32 Å². The normalized spacial score (nSPS) is 11.2. The van der Waals surface area contributed by atoms with E-state index < -0.39 is 22.3 Å². The van der Waals surface area contributed by atoms with Crippen LogP contribution in [0.15, 0.2) is 30.3 Å². The highest BCUT2D eigenvalue weighted by atomic mass is 16.6. The van der Waals surface area contributed by atoms with Crippen LogP contribution in [-0.4, -0.2) is 29.4 Å². The van der Waals surface area contributed by atoms with Crippen molar-refractivity contribution in [2.45, 2.75) is 19.4 Å². The molecule has 0 aromatic heterocycles. The van der Waals surface area contributed by atoms with Gasteiger partial charge < -0.3 is 10.1 Å². The molecule has 0 atom stereocenters. The molecule has 1 N–H and O–H groups in total. The molecule has 112 valence electrons. The molecule has 7 nitrogen and oxygen atoms in total. The smallest absolute Gasteiger partial charge is 0.330 e. The number of hydrogen-bond donors (Lipinski definition) is 1. The average molecular weight is 292 g/mol. The van der Waals surface area contributed by atoms with Crippen molar-refractivity contribution in [2.24, 2.45) is 0 Å². The minimum atomic E-state index is -1.15. The Bertz CT molecular complexity index is 593. The summed E-state index contributed by atoms with van der Waals surface area (Å²) in [7, 11) is 1.23. The maximum Gasteiger partial charge on any atom is 0.330 e. The Labute approximate surface area is 121 Å². The topological polar surface area (TPSA) is 98.5 Å². The third-order valence-corrected chi connectivity index (χ3v) is 2.64. The Kier molecular flexibility index (Phi) is 5.18. The summed E-state index contributed by atoms with van der Waals surface area (Å²) in [6, 6.07) is 5.85. The van der Waals surface area contributed by atoms with E-state index in [1.807, 2.05) is 0 Å². The molecule has 0 radical (unpaired) electrons. The molecule has 0 aliphatic carbocycles. The van der Waals surface area contributed by atoms with E-state index in [1.165, 1.54) is 51.3 Å². The van der Waals surface area contributed by atoms with Crippen LogP contribution in [-0.2, 0) is 14.3 Å². The standard InChI is InChI=1S/C14H16N2O5/c1-14(2,13(18)21-3)15-12(17)8-7-10-5-4-6-11(9-10)16(19)20/h4-9H,1-3H3,(H,15,17). The third-order valence-electron chi connectivity index (χ3n) is 2.64. The molecular weight excluding hydrogens is 276 g/mol. The molecule has 0 aliphatic heterocycles. The minimum Gasteiger partial charge on any atom is -0.467 e. The van der Waals surface area contributed by atoms with Crippen molar-refractivity contribution < 1.29 is 19.2 Å². The maximum absolute atomic E-state index is 11.7. The average Bonchev–Trinajstić information content (AvgIpc) is 2.44. The monoisotopic (exact) mass is 292 g/mol. The Morgan fingerprint density at radius 2 is 2.05 bits per heavy atom. The van der Waals surface area contributed by atoms with Gasteiger partial charge in [0, 0.05) is 18.2 Å². The van der Waals surface area contributed by atoms with E-state index in [0.29, 0.717) is 5.56 Å². The van der Waals surface area contributed by atoms with Crippen LogP contribution in [0.25, 0.3) is 6.08 Å². The number of non-ortho nitro benzene ring substituents is 1. The van der Waals surface area contributed by atoms with E-state index in [1.54, 1.807) is 6.07 Å². The van der Waals surface area contributed by atoms with Gasteiger partial charge in [-0.1, -0.05) is 12.1 Å². The SMILES string of the molecule is COC(=O)C(C)(C)NC(=O)C=Cc1cccc([N+](=O)[O-])c1. The number of carbonyl (C=O) groups excluding carboxylic acids is 2. The predicted octanol–water partition coefficient (Wildman–Crippen LogP) is 1.68. The van der Waals surface area contributed by atoms with Crippen LogP contribution in [0, 0.1) is 10.1 Å². The van der Waals surface area contributed by atoms with Gasteiger partial charge in [0.2, 0.25) is 5.91 Å². The molecule has 0 aliphatic rings. The number of esters is 1. The van der Waals surface area contributed by atoms with Gasteiger partial charge in [0.25, 0.3) is 5.69 Å². The quantitative estimate of drug-likeness (QED) is 0.385. The lowest BCUT2D eigenvalue weighted by Gasteiger charge is -2.22. The van der Waals surface area contributed by atoms with Crippen LogP contribution in [0.2, 0.25) is 0 Å². The molecule has 0 saturated carbocycles. The van der Waals surface area contributed by atoms with Crippen molar-refractivity contribution in [3.8, 4) is 0 Å². The molecule has 0 unspecified atom stereocenters. The van der Waals surface area contributed by atoms with Crippen LogP contribution in [0.3, 0.4) is 0 Å². The van der Waals surface area contributed by atoms with E-state index in [9.17, 15) is 19.7 Å². The summed E-state index contributed by atoms with van der Waals surface area (Å²) in [5.41, 5.74) is -0.707. The summed E-state index contributed by atoms with van der Waals surface area (Å²) >= 11 is 0. The lowest BCUT2D eigenvalue weighted by Crippen LogP contribution is -2.49. The summed E-state index contributed by atoms with van der Waals surface area (Å²) in [5, 5.41) is 13.1. The zero-order chi connectivity index (χ0) is 16.0. The summed E-state index contributed by atoms with van der Waals surface area (Å²) in [6.45, 7) is 3.02. The molecule has 1 rings (SSSR count). The highest BCUT2D eigenvalue weighted by molar-refractivity contribution is 5.95. The number of amides is 1. The molecule has 1 amide bonds. The summed E-state index contributed by atoms with van der Waals surface area (Å²) in [6.07, 6.45) is 2.62. The zero-order valence-electron chi connectivity index (χ0n) is 12.0. The first kappa shape index (κ1) is 16.4. The summed E-state index contributed by atoms with van der Waals surface area (Å²) in [4.78, 5) is 33.3. The molecule has 0 spiro atoms. The molecule has 0 heterocycles. The first-order valence-corrected chi connectivity index (χ1v) is 6.09. The maximum atomic E-state index is 11.7. The second kappa shape index (κ2) is 6.65. The molecule has 0 bridgehead atoms. The van der Waals surface area contributed by atoms with Crippen molar-refractivity contribution in [2.75, 3.05) is 7.11 Å². The van der Waals surface area contributed by atoms with Crippen molar-refractivity contribution in [1.29, 1.82) is 0 Å². The van der Waals surface area contributed by atoms with Crippen molar-refractivity contribution in [3.05, 3.63) is 46.0 Å². The fourth-order valence-corrected chi connectivity index (χ4v) is 1.57. The lowest BCUT2D eigenvalue weighted by atomic mass is 10.1. The Balaban J connectivity index is 2.77. The Morgan fingerprint density at radius 1 is 1.38 bits per heavy atom. The lowest BCUT2D eigenvalue weighted by molar-refractivity contribution is -0.384. The molecule has 21 heavy (non-hydrogen) atoms. The Hall–Kier alpha value is -2.70. The number of nitrogens with zero attached hydrogens (tertiary/aromatic N) is 1. The van der Waals surface area contributed by atoms with E-state index in [0.717, 1.165) is 0 Å². The van der Waals surface area contributed by atoms with Gasteiger partial charge in [0.05, 0.1) is 12.0 Å². The van der Waals surface area contributed by atoms with Crippen LogP contribution in [0.1, 0.15) is 19.4 Å². The van der Waals surface area contributed by atoms with Gasteiger partial charge in [-0.05, 0) is 25.5 Å². The third kappa shape index (κ3) is 4.72. The van der Waals surface area contributed by atoms with Crippen LogP contribution in [0.4, 0.5) is 5.69 Å². The zero-order valence-corrected chi connectivity index (χ0v) is 12.0. The second-order valence-electron chi connectivity index (χ2n) is 4.79. The van der Waals surface area contributed by atoms with Gasteiger partial charge in [-0.25, -0.2) is 4.79 Å². The van der Waals surface area contributed by atoms with Crippen molar-refractivity contribution in [1.82, 2.24) is 5.32 Å². The number of benzene rings is 1. The first-order valence-electron chi connectivity index (χ1n) is 6.09. The van der Waals surface area contributed by atoms with Gasteiger partial charge in [0.1, 0.15) is 5.54 Å². The number of nitrogens with one attached hydrogen (secondary N) is 1. The molecule has 0 fully saturated rings. The number of nitro benzene ring substituents is 1. The Morgan fingerprint density at radius 3 is 2.62 bits per heavy atom. The predicted molar refractivity (Wildman–Crippen MR) is 76.4 cm³/mol. The highest BCUT2D eigenvalue weighted by Gasteiger charge is 2.29. The van der Waals surface area contributed by atoms with Crippen molar-refractivity contribution >= 4 is 23.6 Å². The number of hydrogen-bond acceptors (Lipinski definition) is 5. The summed E-state index contributed by atoms with van der Waals surface area (Å²) in [5.74, 6) is -1.07. The van der Waals surface area contributed by atoms with Gasteiger partial charge in [-0.3, -0.25) is 14.9 Å². The van der Waals surface area contributed by atoms with Gasteiger partial charge >= 0.3 is 5.97 Å². The number of methoxy groups -OCH3 is 1.